The summed E-state index contributed by atoms with van der Waals surface area (Å²) in [6.45, 7) is 1.93. The third kappa shape index (κ3) is 4.58. The van der Waals surface area contributed by atoms with E-state index in [1.165, 1.54) is 0 Å². The Morgan fingerprint density at radius 3 is 2.42 bits per heavy atom. The van der Waals surface area contributed by atoms with Crippen molar-refractivity contribution >= 4 is 22.6 Å². The van der Waals surface area contributed by atoms with Crippen molar-refractivity contribution in [3.63, 3.8) is 0 Å². The first-order chi connectivity index (χ1) is 12.0. The quantitative estimate of drug-likeness (QED) is 0.646. The molecule has 0 aliphatic heterocycles. The number of carboxylic acids is 1. The first kappa shape index (κ1) is 20.7. The number of fused-ring (bicyclic) bond motifs is 1. The molecule has 0 saturated heterocycles. The van der Waals surface area contributed by atoms with Crippen molar-refractivity contribution in [3.8, 4) is 5.75 Å². The van der Waals surface area contributed by atoms with Crippen LogP contribution >= 0.6 is 0 Å². The molecule has 1 N–H and O–H groups in total. The Labute approximate surface area is 175 Å². The van der Waals surface area contributed by atoms with Crippen molar-refractivity contribution in [1.82, 2.24) is 5.32 Å². The van der Waals surface area contributed by atoms with Crippen molar-refractivity contribution in [2.24, 2.45) is 11.8 Å². The molecule has 0 unspecified atom stereocenters. The molecule has 0 spiro atoms. The van der Waals surface area contributed by atoms with E-state index in [0.717, 1.165) is 22.1 Å². The number of carbonyl (C=O) groups excluding carboxylic acids is 2. The van der Waals surface area contributed by atoms with E-state index in [9.17, 15) is 14.7 Å². The number of rotatable bonds is 6. The summed E-state index contributed by atoms with van der Waals surface area (Å²) in [6, 6.07) is 12.0. The molecule has 3 rings (SSSR count). The fourth-order valence-electron chi connectivity index (χ4n) is 3.38. The topological polar surface area (TPSA) is 78.5 Å². The molecule has 1 saturated carbocycles. The van der Waals surface area contributed by atoms with Crippen LogP contribution in [0.25, 0.3) is 10.8 Å². The molecular weight excluding hydrogens is 341 g/mol. The Balaban J connectivity index is 0.00000243. The van der Waals surface area contributed by atoms with Crippen LogP contribution in [0.2, 0.25) is 0 Å². The van der Waals surface area contributed by atoms with Gasteiger partial charge in [0.2, 0.25) is 5.91 Å². The zero-order valence-electron chi connectivity index (χ0n) is 15.5. The van der Waals surface area contributed by atoms with E-state index in [2.05, 4.69) is 11.4 Å². The van der Waals surface area contributed by atoms with E-state index in [1.807, 2.05) is 37.3 Å². The number of benzene rings is 2. The minimum Gasteiger partial charge on any atom is -0.550 e. The number of amides is 1. The second-order valence-corrected chi connectivity index (χ2v) is 6.77. The third-order valence-corrected chi connectivity index (χ3v) is 4.96. The van der Waals surface area contributed by atoms with Gasteiger partial charge in [-0.25, -0.2) is 0 Å². The zero-order valence-corrected chi connectivity index (χ0v) is 17.5. The monoisotopic (exact) mass is 363 g/mol. The average molecular weight is 363 g/mol. The number of methoxy groups -OCH3 is 1. The molecule has 1 aliphatic carbocycles. The third-order valence-electron chi connectivity index (χ3n) is 4.96. The molecule has 1 fully saturated rings. The number of hydrogen-bond donors (Lipinski definition) is 1. The Bertz CT molecular complexity index is 807. The van der Waals surface area contributed by atoms with Crippen LogP contribution < -0.4 is 44.7 Å². The molecule has 0 heterocycles. The van der Waals surface area contributed by atoms with E-state index in [-0.39, 0.29) is 41.5 Å². The van der Waals surface area contributed by atoms with Gasteiger partial charge in [0, 0.05) is 23.8 Å². The Kier molecular flexibility index (Phi) is 7.09. The SMILES string of the molecule is COc1ccc2cc(C[C@@H](C)NC(=O)[C@@H]3CC[C@@H]3C(=O)[O-])ccc2c1.[Na+]. The zero-order chi connectivity index (χ0) is 18.0. The van der Waals surface area contributed by atoms with Crippen molar-refractivity contribution in [3.05, 3.63) is 42.0 Å². The van der Waals surface area contributed by atoms with Crippen molar-refractivity contribution < 1.29 is 49.0 Å². The largest absolute Gasteiger partial charge is 1.00 e. The number of nitrogens with one attached hydrogen (secondary N) is 1. The van der Waals surface area contributed by atoms with Crippen LogP contribution in [0.5, 0.6) is 5.75 Å². The van der Waals surface area contributed by atoms with Gasteiger partial charge in [-0.1, -0.05) is 24.3 Å². The van der Waals surface area contributed by atoms with Gasteiger partial charge in [-0.15, -0.1) is 0 Å². The summed E-state index contributed by atoms with van der Waals surface area (Å²) < 4.78 is 5.23. The van der Waals surface area contributed by atoms with Gasteiger partial charge in [0.25, 0.3) is 0 Å². The van der Waals surface area contributed by atoms with Crippen LogP contribution in [0, 0.1) is 11.8 Å². The summed E-state index contributed by atoms with van der Waals surface area (Å²) in [4.78, 5) is 23.2. The van der Waals surface area contributed by atoms with Crippen LogP contribution in [0.1, 0.15) is 25.3 Å². The summed E-state index contributed by atoms with van der Waals surface area (Å²) >= 11 is 0. The minimum absolute atomic E-state index is 0. The Hall–Kier alpha value is -1.56. The van der Waals surface area contributed by atoms with Gasteiger partial charge >= 0.3 is 29.6 Å². The van der Waals surface area contributed by atoms with Crippen LogP contribution in [-0.2, 0) is 16.0 Å². The first-order valence-corrected chi connectivity index (χ1v) is 8.56. The number of hydrogen-bond acceptors (Lipinski definition) is 4. The second kappa shape index (κ2) is 8.89. The molecule has 0 bridgehead atoms. The number of carboxylic acid groups (broad SMARTS) is 1. The fourth-order valence-corrected chi connectivity index (χ4v) is 3.38. The molecule has 26 heavy (non-hydrogen) atoms. The molecule has 1 aliphatic rings. The van der Waals surface area contributed by atoms with Crippen LogP contribution in [0.3, 0.4) is 0 Å². The normalized spacial score (nSPS) is 19.8. The predicted molar refractivity (Wildman–Crippen MR) is 93.0 cm³/mol. The maximum Gasteiger partial charge on any atom is 1.00 e. The van der Waals surface area contributed by atoms with E-state index in [1.54, 1.807) is 7.11 Å². The predicted octanol–water partition coefficient (Wildman–Crippen LogP) is -1.32. The fraction of sp³-hybridized carbons (Fsp3) is 0.400. The summed E-state index contributed by atoms with van der Waals surface area (Å²) in [5.74, 6) is -1.56. The van der Waals surface area contributed by atoms with E-state index in [0.29, 0.717) is 19.3 Å². The number of ether oxygens (including phenoxy) is 1. The Morgan fingerprint density at radius 1 is 1.15 bits per heavy atom. The maximum absolute atomic E-state index is 12.2. The standard InChI is InChI=1S/C20H23NO4.Na/c1-12(21-19(22)17-7-8-18(17)20(23)24)9-13-3-4-15-11-16(25-2)6-5-14(15)10-13;/h3-6,10-12,17-18H,7-9H2,1-2H3,(H,21,22)(H,23,24);/q;+1/p-1/t12-,17-,18+;/m1./s1. The molecule has 1 amide bonds. The van der Waals surface area contributed by atoms with Gasteiger partial charge < -0.3 is 20.0 Å². The van der Waals surface area contributed by atoms with Crippen molar-refractivity contribution in [1.29, 1.82) is 0 Å². The van der Waals surface area contributed by atoms with E-state index < -0.39 is 17.8 Å². The molecular formula is C20H22NNaO4. The second-order valence-electron chi connectivity index (χ2n) is 6.77. The molecule has 3 atom stereocenters. The Morgan fingerprint density at radius 2 is 1.81 bits per heavy atom. The smallest absolute Gasteiger partial charge is 0.550 e. The minimum atomic E-state index is -1.12. The van der Waals surface area contributed by atoms with Crippen LogP contribution in [0.15, 0.2) is 36.4 Å². The number of aliphatic carboxylic acids is 1. The van der Waals surface area contributed by atoms with Gasteiger partial charge in [-0.2, -0.15) is 0 Å². The number of carbonyl (C=O) groups is 2. The van der Waals surface area contributed by atoms with Crippen LogP contribution in [-0.4, -0.2) is 25.0 Å². The van der Waals surface area contributed by atoms with Crippen molar-refractivity contribution in [2.75, 3.05) is 7.11 Å². The van der Waals surface area contributed by atoms with Crippen LogP contribution in [0.4, 0.5) is 0 Å². The van der Waals surface area contributed by atoms with Gasteiger partial charge in [0.15, 0.2) is 0 Å². The van der Waals surface area contributed by atoms with Gasteiger partial charge in [-0.3, -0.25) is 4.79 Å². The van der Waals surface area contributed by atoms with Gasteiger partial charge in [0.1, 0.15) is 5.75 Å². The molecule has 5 nitrogen and oxygen atoms in total. The summed E-state index contributed by atoms with van der Waals surface area (Å²) in [5, 5.41) is 16.1. The molecule has 2 aromatic carbocycles. The summed E-state index contributed by atoms with van der Waals surface area (Å²) in [6.07, 6.45) is 1.84. The molecule has 6 heteroatoms. The molecule has 2 aromatic rings. The maximum atomic E-state index is 12.2. The van der Waals surface area contributed by atoms with E-state index in [4.69, 9.17) is 4.74 Å². The molecule has 0 aromatic heterocycles. The van der Waals surface area contributed by atoms with E-state index >= 15 is 0 Å². The summed E-state index contributed by atoms with van der Waals surface area (Å²) in [5.41, 5.74) is 1.12. The molecule has 0 radical (unpaired) electrons. The van der Waals surface area contributed by atoms with Crippen molar-refractivity contribution in [2.45, 2.75) is 32.2 Å². The first-order valence-electron chi connectivity index (χ1n) is 8.56. The molecule has 132 valence electrons. The van der Waals surface area contributed by atoms with Gasteiger partial charge in [-0.05, 0) is 54.7 Å². The van der Waals surface area contributed by atoms with Gasteiger partial charge in [0.05, 0.1) is 7.11 Å². The summed E-state index contributed by atoms with van der Waals surface area (Å²) in [7, 11) is 1.65. The average Bonchev–Trinajstić information content (AvgIpc) is 2.52.